The molecule has 10 heavy (non-hydrogen) atoms. The van der Waals surface area contributed by atoms with E-state index in [1.807, 2.05) is 37.3 Å². The van der Waals surface area contributed by atoms with E-state index < -0.39 is 0 Å². The molecule has 0 unspecified atom stereocenters. The van der Waals surface area contributed by atoms with Crippen LogP contribution in [0.4, 0.5) is 0 Å². The van der Waals surface area contributed by atoms with E-state index in [-0.39, 0.29) is 8.41 Å². The van der Waals surface area contributed by atoms with Crippen LogP contribution >= 0.6 is 0 Å². The summed E-state index contributed by atoms with van der Waals surface area (Å²) in [5, 5.41) is 0. The van der Waals surface area contributed by atoms with Crippen LogP contribution in [0.1, 0.15) is 6.92 Å². The lowest BCUT2D eigenvalue weighted by atomic mass is 10.3. The normalized spacial score (nSPS) is 8.10. The third-order valence-corrected chi connectivity index (χ3v) is 1.05. The molecular weight excluding hydrogens is 123 g/mol. The number of benzene rings is 1. The second-order valence-electron chi connectivity index (χ2n) is 1.75. The highest BCUT2D eigenvalue weighted by Gasteiger charge is 1.83. The lowest BCUT2D eigenvalue weighted by Gasteiger charge is -1.99. The molecular formula is C8H13BO. The van der Waals surface area contributed by atoms with Crippen molar-refractivity contribution in [3.8, 4) is 5.75 Å². The smallest absolute Gasteiger partial charge is 0.119 e. The number of hydrogen-bond donors (Lipinski definition) is 0. The quantitative estimate of drug-likeness (QED) is 0.549. The van der Waals surface area contributed by atoms with Crippen molar-refractivity contribution in [2.75, 3.05) is 6.61 Å². The van der Waals surface area contributed by atoms with Crippen LogP contribution in [0, 0.1) is 0 Å². The third-order valence-electron chi connectivity index (χ3n) is 1.05. The Kier molecular flexibility index (Phi) is 4.47. The maximum Gasteiger partial charge on any atom is 0.119 e. The zero-order chi connectivity index (χ0) is 6.53. The van der Waals surface area contributed by atoms with Gasteiger partial charge >= 0.3 is 0 Å². The van der Waals surface area contributed by atoms with E-state index in [1.165, 1.54) is 0 Å². The van der Waals surface area contributed by atoms with Crippen molar-refractivity contribution < 1.29 is 4.74 Å². The summed E-state index contributed by atoms with van der Waals surface area (Å²) in [7, 11) is 0. The largest absolute Gasteiger partial charge is 0.494 e. The summed E-state index contributed by atoms with van der Waals surface area (Å²) >= 11 is 0. The van der Waals surface area contributed by atoms with E-state index in [0.717, 1.165) is 12.4 Å². The first-order valence-electron chi connectivity index (χ1n) is 3.11. The van der Waals surface area contributed by atoms with Crippen LogP contribution in [0.3, 0.4) is 0 Å². The Morgan fingerprint density at radius 1 is 1.20 bits per heavy atom. The third kappa shape index (κ3) is 2.58. The second kappa shape index (κ2) is 4.92. The van der Waals surface area contributed by atoms with Crippen LogP contribution < -0.4 is 4.74 Å². The van der Waals surface area contributed by atoms with Crippen LogP contribution in [0.15, 0.2) is 30.3 Å². The number of rotatable bonds is 2. The predicted molar refractivity (Wildman–Crippen MR) is 47.6 cm³/mol. The molecule has 0 atom stereocenters. The first-order valence-corrected chi connectivity index (χ1v) is 3.11. The summed E-state index contributed by atoms with van der Waals surface area (Å²) in [6.07, 6.45) is 0. The molecule has 54 valence electrons. The van der Waals surface area contributed by atoms with Gasteiger partial charge in [0.15, 0.2) is 0 Å². The minimum atomic E-state index is 0. The van der Waals surface area contributed by atoms with Gasteiger partial charge in [0.2, 0.25) is 0 Å². The molecule has 1 rings (SSSR count). The molecule has 0 fully saturated rings. The average molecular weight is 136 g/mol. The van der Waals surface area contributed by atoms with Gasteiger partial charge in [0.05, 0.1) is 15.0 Å². The molecule has 0 aliphatic heterocycles. The summed E-state index contributed by atoms with van der Waals surface area (Å²) in [5.41, 5.74) is 0. The monoisotopic (exact) mass is 136 g/mol. The summed E-state index contributed by atoms with van der Waals surface area (Å²) in [6.45, 7) is 2.72. The summed E-state index contributed by atoms with van der Waals surface area (Å²) in [4.78, 5) is 0. The minimum Gasteiger partial charge on any atom is -0.494 e. The van der Waals surface area contributed by atoms with Crippen LogP contribution in [0.5, 0.6) is 5.75 Å². The Morgan fingerprint density at radius 2 is 1.80 bits per heavy atom. The minimum absolute atomic E-state index is 0. The molecule has 0 amide bonds. The molecule has 0 saturated heterocycles. The first kappa shape index (κ1) is 9.08. The second-order valence-corrected chi connectivity index (χ2v) is 1.75. The average Bonchev–Trinajstić information content (AvgIpc) is 1.91. The first-order chi connectivity index (χ1) is 4.43. The Bertz CT molecular complexity index is 162. The Balaban J connectivity index is 0.000000810. The Hall–Kier alpha value is -0.915. The molecule has 0 spiro atoms. The molecule has 0 aliphatic carbocycles. The van der Waals surface area contributed by atoms with E-state index >= 15 is 0 Å². The molecule has 0 N–H and O–H groups in total. The lowest BCUT2D eigenvalue weighted by Crippen LogP contribution is -1.89. The maximum absolute atomic E-state index is 5.21. The van der Waals surface area contributed by atoms with Gasteiger partial charge in [-0.2, -0.15) is 0 Å². The van der Waals surface area contributed by atoms with Crippen LogP contribution in [0.25, 0.3) is 0 Å². The predicted octanol–water partition coefficient (Wildman–Crippen LogP) is 0.901. The molecule has 0 aromatic heterocycles. The maximum atomic E-state index is 5.21. The fourth-order valence-corrected chi connectivity index (χ4v) is 0.683. The number of ether oxygens (including phenoxy) is 1. The van der Waals surface area contributed by atoms with Gasteiger partial charge in [0.1, 0.15) is 5.75 Å². The molecule has 0 saturated carbocycles. The van der Waals surface area contributed by atoms with Crippen LogP contribution in [-0.4, -0.2) is 15.0 Å². The number of para-hydroxylation sites is 1. The topological polar surface area (TPSA) is 9.23 Å². The van der Waals surface area contributed by atoms with Crippen molar-refractivity contribution in [1.82, 2.24) is 0 Å². The highest BCUT2D eigenvalue weighted by atomic mass is 16.5. The lowest BCUT2D eigenvalue weighted by molar-refractivity contribution is 0.340. The summed E-state index contributed by atoms with van der Waals surface area (Å²) < 4.78 is 5.21. The van der Waals surface area contributed by atoms with Crippen molar-refractivity contribution in [3.05, 3.63) is 30.3 Å². The fraction of sp³-hybridized carbons (Fsp3) is 0.250. The standard InChI is InChI=1S/C8H10O.BH3/c1-2-9-8-6-4-3-5-7-8;/h3-7H,2H2,1H3;1H3. The molecule has 1 nitrogen and oxygen atoms in total. The van der Waals surface area contributed by atoms with E-state index in [9.17, 15) is 0 Å². The highest BCUT2D eigenvalue weighted by molar-refractivity contribution is 5.75. The van der Waals surface area contributed by atoms with Crippen molar-refractivity contribution in [1.29, 1.82) is 0 Å². The highest BCUT2D eigenvalue weighted by Crippen LogP contribution is 2.06. The van der Waals surface area contributed by atoms with Gasteiger partial charge in [-0.3, -0.25) is 0 Å². The molecule has 0 heterocycles. The molecule has 0 aliphatic rings. The van der Waals surface area contributed by atoms with Gasteiger partial charge in [-0.05, 0) is 19.1 Å². The molecule has 1 aromatic carbocycles. The van der Waals surface area contributed by atoms with Gasteiger partial charge in [-0.25, -0.2) is 0 Å². The number of hydrogen-bond acceptors (Lipinski definition) is 1. The van der Waals surface area contributed by atoms with Crippen molar-refractivity contribution in [2.45, 2.75) is 6.92 Å². The molecule has 2 heteroatoms. The van der Waals surface area contributed by atoms with Crippen molar-refractivity contribution in [3.63, 3.8) is 0 Å². The van der Waals surface area contributed by atoms with Gasteiger partial charge in [0.25, 0.3) is 0 Å². The van der Waals surface area contributed by atoms with E-state index in [4.69, 9.17) is 4.74 Å². The zero-order valence-electron chi connectivity index (χ0n) is 5.50. The van der Waals surface area contributed by atoms with Gasteiger partial charge < -0.3 is 4.74 Å². The fourth-order valence-electron chi connectivity index (χ4n) is 0.683. The molecule has 1 aromatic rings. The summed E-state index contributed by atoms with van der Waals surface area (Å²) in [6, 6.07) is 9.80. The van der Waals surface area contributed by atoms with E-state index in [1.54, 1.807) is 0 Å². The molecule has 0 radical (unpaired) electrons. The summed E-state index contributed by atoms with van der Waals surface area (Å²) in [5.74, 6) is 0.944. The van der Waals surface area contributed by atoms with Gasteiger partial charge in [0, 0.05) is 0 Å². The Morgan fingerprint density at radius 3 is 2.30 bits per heavy atom. The Labute approximate surface area is 63.6 Å². The SMILES string of the molecule is B.CCOc1ccccc1. The van der Waals surface area contributed by atoms with E-state index in [2.05, 4.69) is 0 Å². The van der Waals surface area contributed by atoms with Crippen LogP contribution in [-0.2, 0) is 0 Å². The van der Waals surface area contributed by atoms with Crippen molar-refractivity contribution >= 4 is 8.41 Å². The molecule has 0 bridgehead atoms. The van der Waals surface area contributed by atoms with Crippen molar-refractivity contribution in [2.24, 2.45) is 0 Å². The van der Waals surface area contributed by atoms with Crippen LogP contribution in [0.2, 0.25) is 0 Å². The van der Waals surface area contributed by atoms with E-state index in [0.29, 0.717) is 0 Å². The van der Waals surface area contributed by atoms with Gasteiger partial charge in [-0.1, -0.05) is 18.2 Å². The zero-order valence-corrected chi connectivity index (χ0v) is 5.50. The van der Waals surface area contributed by atoms with Gasteiger partial charge in [-0.15, -0.1) is 0 Å².